The van der Waals surface area contributed by atoms with Crippen molar-refractivity contribution in [3.63, 3.8) is 0 Å². The molecule has 6 heteroatoms. The predicted molar refractivity (Wildman–Crippen MR) is 81.1 cm³/mol. The number of anilines is 1. The fourth-order valence-corrected chi connectivity index (χ4v) is 2.55. The Bertz CT molecular complexity index is 503. The van der Waals surface area contributed by atoms with Gasteiger partial charge in [-0.3, -0.25) is 9.00 Å². The molecule has 0 radical (unpaired) electrons. The van der Waals surface area contributed by atoms with Crippen LogP contribution in [0.3, 0.4) is 0 Å². The zero-order valence-electron chi connectivity index (χ0n) is 12.3. The molecule has 2 unspecified atom stereocenters. The number of nitrogen functional groups attached to an aromatic ring is 1. The van der Waals surface area contributed by atoms with Crippen molar-refractivity contribution in [3.05, 3.63) is 18.2 Å². The molecule has 112 valence electrons. The molecule has 20 heavy (non-hydrogen) atoms. The Morgan fingerprint density at radius 2 is 2.05 bits per heavy atom. The van der Waals surface area contributed by atoms with Crippen LogP contribution >= 0.6 is 0 Å². The third-order valence-electron chi connectivity index (χ3n) is 3.12. The van der Waals surface area contributed by atoms with Crippen LogP contribution in [0.1, 0.15) is 20.8 Å². The van der Waals surface area contributed by atoms with E-state index in [0.29, 0.717) is 22.3 Å². The van der Waals surface area contributed by atoms with Gasteiger partial charge in [0.2, 0.25) is 5.91 Å². The Kier molecular flexibility index (Phi) is 6.01. The van der Waals surface area contributed by atoms with Crippen molar-refractivity contribution in [2.24, 2.45) is 5.92 Å². The van der Waals surface area contributed by atoms with Crippen molar-refractivity contribution in [1.82, 2.24) is 5.32 Å². The Morgan fingerprint density at radius 1 is 1.40 bits per heavy atom. The van der Waals surface area contributed by atoms with E-state index in [1.54, 1.807) is 18.2 Å². The van der Waals surface area contributed by atoms with E-state index in [1.807, 2.05) is 20.8 Å². The van der Waals surface area contributed by atoms with Gasteiger partial charge in [0.25, 0.3) is 0 Å². The molecule has 1 aromatic rings. The van der Waals surface area contributed by atoms with Gasteiger partial charge in [-0.05, 0) is 31.0 Å². The maximum absolute atomic E-state index is 12.2. The molecular formula is C14H22N2O3S. The number of rotatable bonds is 6. The quantitative estimate of drug-likeness (QED) is 0.781. The lowest BCUT2D eigenvalue weighted by molar-refractivity contribution is -0.119. The van der Waals surface area contributed by atoms with Crippen LogP contribution in [-0.4, -0.2) is 29.0 Å². The third-order valence-corrected chi connectivity index (χ3v) is 4.49. The summed E-state index contributed by atoms with van der Waals surface area (Å²) in [5.74, 6) is 0.550. The number of amides is 1. The minimum absolute atomic E-state index is 0.0437. The van der Waals surface area contributed by atoms with Crippen LogP contribution in [0.4, 0.5) is 5.69 Å². The number of benzene rings is 1. The fourth-order valence-electron chi connectivity index (χ4n) is 1.50. The molecule has 2 atom stereocenters. The zero-order chi connectivity index (χ0) is 15.3. The molecular weight excluding hydrogens is 276 g/mol. The topological polar surface area (TPSA) is 81.4 Å². The summed E-state index contributed by atoms with van der Waals surface area (Å²) in [5.41, 5.74) is 6.19. The Morgan fingerprint density at radius 3 is 2.60 bits per heavy atom. The summed E-state index contributed by atoms with van der Waals surface area (Å²) in [6, 6.07) is 4.96. The summed E-state index contributed by atoms with van der Waals surface area (Å²) < 4.78 is 17.3. The molecule has 0 aliphatic carbocycles. The van der Waals surface area contributed by atoms with E-state index in [9.17, 15) is 9.00 Å². The molecule has 0 spiro atoms. The molecule has 3 N–H and O–H groups in total. The van der Waals surface area contributed by atoms with Crippen LogP contribution in [0.5, 0.6) is 5.75 Å². The number of ether oxygens (including phenoxy) is 1. The molecule has 0 aliphatic heterocycles. The molecule has 1 amide bonds. The van der Waals surface area contributed by atoms with E-state index in [2.05, 4.69) is 5.32 Å². The molecule has 1 rings (SSSR count). The molecule has 0 aromatic heterocycles. The summed E-state index contributed by atoms with van der Waals surface area (Å²) in [5, 5.41) is 2.82. The normalized spacial score (nSPS) is 13.8. The molecule has 0 saturated heterocycles. The van der Waals surface area contributed by atoms with Crippen LogP contribution in [0, 0.1) is 5.92 Å². The predicted octanol–water partition coefficient (Wildman–Crippen LogP) is 1.55. The second kappa shape index (κ2) is 7.28. The van der Waals surface area contributed by atoms with Gasteiger partial charge in [0.05, 0.1) is 22.8 Å². The van der Waals surface area contributed by atoms with E-state index < -0.39 is 10.8 Å². The van der Waals surface area contributed by atoms with Crippen molar-refractivity contribution in [1.29, 1.82) is 0 Å². The van der Waals surface area contributed by atoms with Crippen LogP contribution in [0.25, 0.3) is 0 Å². The largest absolute Gasteiger partial charge is 0.497 e. The number of carbonyl (C=O) groups is 1. The number of hydrogen-bond donors (Lipinski definition) is 2. The summed E-state index contributed by atoms with van der Waals surface area (Å²) in [6.45, 7) is 5.95. The molecule has 1 aromatic carbocycles. The van der Waals surface area contributed by atoms with Gasteiger partial charge in [-0.25, -0.2) is 0 Å². The molecule has 0 bridgehead atoms. The van der Waals surface area contributed by atoms with Gasteiger partial charge < -0.3 is 15.8 Å². The first-order valence-corrected chi connectivity index (χ1v) is 7.78. The van der Waals surface area contributed by atoms with Crippen LogP contribution in [-0.2, 0) is 15.6 Å². The standard InChI is InChI=1S/C14H22N2O3S/c1-9(2)10(3)16-14(17)8-20(18)13-7-11(19-4)5-6-12(13)15/h5-7,9-10H,8,15H2,1-4H3,(H,16,17). The first-order valence-electron chi connectivity index (χ1n) is 6.46. The zero-order valence-corrected chi connectivity index (χ0v) is 13.1. The minimum Gasteiger partial charge on any atom is -0.497 e. The van der Waals surface area contributed by atoms with Gasteiger partial charge >= 0.3 is 0 Å². The summed E-state index contributed by atoms with van der Waals surface area (Å²) >= 11 is 0. The Balaban J connectivity index is 2.74. The number of hydrogen-bond acceptors (Lipinski definition) is 4. The highest BCUT2D eigenvalue weighted by molar-refractivity contribution is 7.86. The smallest absolute Gasteiger partial charge is 0.233 e. The molecule has 0 fully saturated rings. The highest BCUT2D eigenvalue weighted by atomic mass is 32.2. The van der Waals surface area contributed by atoms with E-state index in [-0.39, 0.29) is 17.7 Å². The average molecular weight is 298 g/mol. The molecule has 5 nitrogen and oxygen atoms in total. The number of nitrogens with one attached hydrogen (secondary N) is 1. The number of methoxy groups -OCH3 is 1. The van der Waals surface area contributed by atoms with Gasteiger partial charge in [0, 0.05) is 11.7 Å². The van der Waals surface area contributed by atoms with Gasteiger partial charge in [-0.2, -0.15) is 0 Å². The molecule has 0 aliphatic rings. The highest BCUT2D eigenvalue weighted by Crippen LogP contribution is 2.22. The Hall–Kier alpha value is -1.56. The van der Waals surface area contributed by atoms with Crippen molar-refractivity contribution in [2.75, 3.05) is 18.6 Å². The van der Waals surface area contributed by atoms with Crippen molar-refractivity contribution >= 4 is 22.4 Å². The molecule has 0 saturated carbocycles. The van der Waals surface area contributed by atoms with Gasteiger partial charge in [-0.1, -0.05) is 13.8 Å². The fraction of sp³-hybridized carbons (Fsp3) is 0.500. The maximum Gasteiger partial charge on any atom is 0.233 e. The highest BCUT2D eigenvalue weighted by Gasteiger charge is 2.16. The third kappa shape index (κ3) is 4.52. The summed E-state index contributed by atoms with van der Waals surface area (Å²) in [6.07, 6.45) is 0. The van der Waals surface area contributed by atoms with Crippen LogP contribution in [0.2, 0.25) is 0 Å². The van der Waals surface area contributed by atoms with Gasteiger partial charge in [0.15, 0.2) is 0 Å². The summed E-state index contributed by atoms with van der Waals surface area (Å²) in [4.78, 5) is 12.3. The van der Waals surface area contributed by atoms with Gasteiger partial charge in [-0.15, -0.1) is 0 Å². The van der Waals surface area contributed by atoms with Gasteiger partial charge in [0.1, 0.15) is 11.5 Å². The average Bonchev–Trinajstić information content (AvgIpc) is 2.38. The minimum atomic E-state index is -1.48. The SMILES string of the molecule is COc1ccc(N)c(S(=O)CC(=O)NC(C)C(C)C)c1. The monoisotopic (exact) mass is 298 g/mol. The van der Waals surface area contributed by atoms with Crippen molar-refractivity contribution in [3.8, 4) is 5.75 Å². The van der Waals surface area contributed by atoms with E-state index in [4.69, 9.17) is 10.5 Å². The van der Waals surface area contributed by atoms with Crippen LogP contribution in [0.15, 0.2) is 23.1 Å². The molecule has 0 heterocycles. The number of carbonyl (C=O) groups excluding carboxylic acids is 1. The van der Waals surface area contributed by atoms with E-state index >= 15 is 0 Å². The summed E-state index contributed by atoms with van der Waals surface area (Å²) in [7, 11) is 0.0394. The van der Waals surface area contributed by atoms with Crippen molar-refractivity contribution < 1.29 is 13.7 Å². The lowest BCUT2D eigenvalue weighted by atomic mass is 10.1. The maximum atomic E-state index is 12.2. The Labute approximate surface area is 122 Å². The van der Waals surface area contributed by atoms with E-state index in [0.717, 1.165) is 0 Å². The lowest BCUT2D eigenvalue weighted by Gasteiger charge is -2.17. The second-order valence-electron chi connectivity index (χ2n) is 4.99. The van der Waals surface area contributed by atoms with Crippen molar-refractivity contribution in [2.45, 2.75) is 31.7 Å². The van der Waals surface area contributed by atoms with Crippen LogP contribution < -0.4 is 15.8 Å². The van der Waals surface area contributed by atoms with E-state index in [1.165, 1.54) is 7.11 Å². The first-order chi connectivity index (χ1) is 9.35. The number of nitrogens with two attached hydrogens (primary N) is 1. The second-order valence-corrected chi connectivity index (χ2v) is 6.41. The lowest BCUT2D eigenvalue weighted by Crippen LogP contribution is -2.38. The first kappa shape index (κ1) is 16.5.